The van der Waals surface area contributed by atoms with Crippen LogP contribution in [0.25, 0.3) is 21.5 Å². The van der Waals surface area contributed by atoms with Gasteiger partial charge in [0.25, 0.3) is 0 Å². The highest BCUT2D eigenvalue weighted by atomic mass is 16.2. The third-order valence-corrected chi connectivity index (χ3v) is 7.50. The van der Waals surface area contributed by atoms with Crippen LogP contribution < -0.4 is 5.32 Å². The molecule has 0 heterocycles. The summed E-state index contributed by atoms with van der Waals surface area (Å²) in [4.78, 5) is 25.9. The van der Waals surface area contributed by atoms with Crippen LogP contribution in [0.5, 0.6) is 0 Å². The number of benzene rings is 4. The van der Waals surface area contributed by atoms with Gasteiger partial charge in [-0.2, -0.15) is 0 Å². The molecule has 2 atom stereocenters. The SMILES string of the molecule is O=C(CCCc1ccc2ccccc2c1)[C@@H]1CCC[C@H]1C(=O)NCCc1ccc2ccccc2c1. The number of fused-ring (bicyclic) bond motifs is 2. The third-order valence-electron chi connectivity index (χ3n) is 7.50. The summed E-state index contributed by atoms with van der Waals surface area (Å²) >= 11 is 0. The predicted molar refractivity (Wildman–Crippen MR) is 143 cm³/mol. The van der Waals surface area contributed by atoms with Crippen molar-refractivity contribution in [2.45, 2.75) is 44.9 Å². The molecule has 5 rings (SSSR count). The van der Waals surface area contributed by atoms with E-state index in [4.69, 9.17) is 0 Å². The Bertz CT molecular complexity index is 1240. The minimum absolute atomic E-state index is 0.0520. The molecular formula is C32H33NO2. The molecule has 1 fully saturated rings. The van der Waals surface area contributed by atoms with Gasteiger partial charge in [0.05, 0.1) is 0 Å². The molecule has 1 aliphatic carbocycles. The monoisotopic (exact) mass is 463 g/mol. The number of carbonyl (C=O) groups is 2. The van der Waals surface area contributed by atoms with Gasteiger partial charge in [0, 0.05) is 24.8 Å². The number of carbonyl (C=O) groups excluding carboxylic acids is 2. The van der Waals surface area contributed by atoms with Crippen LogP contribution in [-0.2, 0) is 22.4 Å². The number of rotatable bonds is 9. The van der Waals surface area contributed by atoms with Crippen molar-refractivity contribution in [2.24, 2.45) is 11.8 Å². The fraction of sp³-hybridized carbons (Fsp3) is 0.312. The minimum Gasteiger partial charge on any atom is -0.356 e. The van der Waals surface area contributed by atoms with E-state index in [2.05, 4.69) is 78.1 Å². The molecule has 0 bridgehead atoms. The lowest BCUT2D eigenvalue weighted by molar-refractivity contribution is -0.132. The van der Waals surface area contributed by atoms with Crippen LogP contribution in [0.2, 0.25) is 0 Å². The highest BCUT2D eigenvalue weighted by Crippen LogP contribution is 2.34. The highest BCUT2D eigenvalue weighted by Gasteiger charge is 2.36. The number of hydrogen-bond acceptors (Lipinski definition) is 2. The first-order valence-corrected chi connectivity index (χ1v) is 12.9. The maximum Gasteiger partial charge on any atom is 0.223 e. The van der Waals surface area contributed by atoms with E-state index in [-0.39, 0.29) is 23.5 Å². The largest absolute Gasteiger partial charge is 0.356 e. The molecule has 3 heteroatoms. The van der Waals surface area contributed by atoms with Gasteiger partial charge < -0.3 is 5.32 Å². The zero-order chi connectivity index (χ0) is 24.0. The second-order valence-corrected chi connectivity index (χ2v) is 9.87. The van der Waals surface area contributed by atoms with Crippen LogP contribution >= 0.6 is 0 Å². The second kappa shape index (κ2) is 10.9. The molecule has 178 valence electrons. The molecule has 0 spiro atoms. The molecule has 0 saturated heterocycles. The lowest BCUT2D eigenvalue weighted by Crippen LogP contribution is -2.36. The topological polar surface area (TPSA) is 46.2 Å². The van der Waals surface area contributed by atoms with Gasteiger partial charge in [-0.1, -0.05) is 91.3 Å². The average molecular weight is 464 g/mol. The van der Waals surface area contributed by atoms with E-state index in [1.165, 1.54) is 32.7 Å². The fourth-order valence-corrected chi connectivity index (χ4v) is 5.56. The van der Waals surface area contributed by atoms with Gasteiger partial charge >= 0.3 is 0 Å². The van der Waals surface area contributed by atoms with Crippen LogP contribution in [0.1, 0.15) is 43.2 Å². The Kier molecular flexibility index (Phi) is 7.23. The van der Waals surface area contributed by atoms with Gasteiger partial charge in [0.15, 0.2) is 0 Å². The van der Waals surface area contributed by atoms with Gasteiger partial charge in [0.2, 0.25) is 5.91 Å². The minimum atomic E-state index is -0.167. The summed E-state index contributed by atoms with van der Waals surface area (Å²) in [5.41, 5.74) is 2.49. The molecule has 3 nitrogen and oxygen atoms in total. The molecular weight excluding hydrogens is 430 g/mol. The van der Waals surface area contributed by atoms with Crippen LogP contribution in [0, 0.1) is 11.8 Å². The molecule has 35 heavy (non-hydrogen) atoms. The smallest absolute Gasteiger partial charge is 0.223 e. The summed E-state index contributed by atoms with van der Waals surface area (Å²) in [6.45, 7) is 0.608. The van der Waals surface area contributed by atoms with Crippen molar-refractivity contribution in [3.63, 3.8) is 0 Å². The van der Waals surface area contributed by atoms with E-state index in [0.29, 0.717) is 13.0 Å². The van der Waals surface area contributed by atoms with Crippen molar-refractivity contribution in [3.8, 4) is 0 Å². The zero-order valence-corrected chi connectivity index (χ0v) is 20.2. The number of hydrogen-bond donors (Lipinski definition) is 1. The summed E-state index contributed by atoms with van der Waals surface area (Å²) in [6.07, 6.45) is 5.71. The molecule has 4 aromatic rings. The lowest BCUT2D eigenvalue weighted by atomic mass is 9.88. The molecule has 1 saturated carbocycles. The Morgan fingerprint density at radius 3 is 1.91 bits per heavy atom. The van der Waals surface area contributed by atoms with Gasteiger partial charge in [-0.15, -0.1) is 0 Å². The molecule has 1 amide bonds. The first-order valence-electron chi connectivity index (χ1n) is 12.9. The van der Waals surface area contributed by atoms with Gasteiger partial charge in [-0.25, -0.2) is 0 Å². The van der Waals surface area contributed by atoms with Crippen LogP contribution in [0.4, 0.5) is 0 Å². The van der Waals surface area contributed by atoms with Crippen LogP contribution in [0.15, 0.2) is 84.9 Å². The number of aryl methyl sites for hydroxylation is 1. The average Bonchev–Trinajstić information content (AvgIpc) is 3.39. The number of amides is 1. The van der Waals surface area contributed by atoms with E-state index >= 15 is 0 Å². The van der Waals surface area contributed by atoms with Crippen molar-refractivity contribution >= 4 is 33.2 Å². The summed E-state index contributed by atoms with van der Waals surface area (Å²) in [5, 5.41) is 8.05. The Morgan fingerprint density at radius 2 is 1.26 bits per heavy atom. The Hall–Kier alpha value is -3.46. The summed E-state index contributed by atoms with van der Waals surface area (Å²) in [5.74, 6) is 0.0289. The van der Waals surface area contributed by atoms with E-state index in [0.717, 1.165) is 38.5 Å². The lowest BCUT2D eigenvalue weighted by Gasteiger charge is -2.18. The first kappa shape index (κ1) is 23.3. The van der Waals surface area contributed by atoms with Crippen molar-refractivity contribution in [2.75, 3.05) is 6.54 Å². The quantitative estimate of drug-likeness (QED) is 0.302. The molecule has 0 unspecified atom stereocenters. The summed E-state index contributed by atoms with van der Waals surface area (Å²) < 4.78 is 0. The van der Waals surface area contributed by atoms with Gasteiger partial charge in [0.1, 0.15) is 5.78 Å². The molecule has 0 aliphatic heterocycles. The molecule has 0 radical (unpaired) electrons. The number of nitrogens with one attached hydrogen (secondary N) is 1. The van der Waals surface area contributed by atoms with E-state index in [1.54, 1.807) is 0 Å². The third kappa shape index (κ3) is 5.62. The maximum absolute atomic E-state index is 13.0. The van der Waals surface area contributed by atoms with Crippen LogP contribution in [-0.4, -0.2) is 18.2 Å². The standard InChI is InChI=1S/C32H33NO2/c34-31(14-5-7-23-15-17-25-8-1-3-10-27(25)21-23)29-12-6-13-30(29)32(35)33-20-19-24-16-18-26-9-2-4-11-28(26)22-24/h1-4,8-11,15-18,21-22,29-30H,5-7,12-14,19-20H2,(H,33,35)/t29-,30-/m1/s1. The van der Waals surface area contributed by atoms with Crippen LogP contribution in [0.3, 0.4) is 0 Å². The second-order valence-electron chi connectivity index (χ2n) is 9.87. The van der Waals surface area contributed by atoms with Gasteiger partial charge in [-0.05, 0) is 64.8 Å². The van der Waals surface area contributed by atoms with Crippen molar-refractivity contribution in [1.29, 1.82) is 0 Å². The number of ketones is 1. The number of Topliss-reactive ketones (excluding diaryl/α,β-unsaturated/α-hetero) is 1. The molecule has 1 aliphatic rings. The summed E-state index contributed by atoms with van der Waals surface area (Å²) in [6, 6.07) is 29.7. The zero-order valence-electron chi connectivity index (χ0n) is 20.2. The predicted octanol–water partition coefficient (Wildman–Crippen LogP) is 6.66. The van der Waals surface area contributed by atoms with E-state index in [9.17, 15) is 9.59 Å². The Labute approximate surface area is 207 Å². The van der Waals surface area contributed by atoms with E-state index in [1.807, 2.05) is 12.1 Å². The van der Waals surface area contributed by atoms with Crippen molar-refractivity contribution in [3.05, 3.63) is 96.1 Å². The Balaban J connectivity index is 1.10. The van der Waals surface area contributed by atoms with Crippen molar-refractivity contribution < 1.29 is 9.59 Å². The van der Waals surface area contributed by atoms with Crippen molar-refractivity contribution in [1.82, 2.24) is 5.32 Å². The molecule has 4 aromatic carbocycles. The fourth-order valence-electron chi connectivity index (χ4n) is 5.56. The van der Waals surface area contributed by atoms with E-state index < -0.39 is 0 Å². The Morgan fingerprint density at radius 1 is 0.686 bits per heavy atom. The molecule has 1 N–H and O–H groups in total. The first-order chi connectivity index (χ1) is 17.2. The van der Waals surface area contributed by atoms with Gasteiger partial charge in [-0.3, -0.25) is 9.59 Å². The highest BCUT2D eigenvalue weighted by molar-refractivity contribution is 5.89. The maximum atomic E-state index is 13.0. The normalized spacial score (nSPS) is 17.6. The molecule has 0 aromatic heterocycles. The summed E-state index contributed by atoms with van der Waals surface area (Å²) in [7, 11) is 0.